The van der Waals surface area contributed by atoms with E-state index >= 15 is 0 Å². The van der Waals surface area contributed by atoms with Gasteiger partial charge in [-0.2, -0.15) is 0 Å². The number of aryl methyl sites for hydroxylation is 1. The first-order chi connectivity index (χ1) is 6.24. The highest BCUT2D eigenvalue weighted by atomic mass is 35.5. The lowest BCUT2D eigenvalue weighted by Gasteiger charge is -1.95. The van der Waals surface area contributed by atoms with Gasteiger partial charge in [-0.1, -0.05) is 24.6 Å². The Morgan fingerprint density at radius 3 is 2.85 bits per heavy atom. The van der Waals surface area contributed by atoms with Crippen LogP contribution in [0, 0.1) is 0 Å². The predicted molar refractivity (Wildman–Crippen MR) is 60.6 cm³/mol. The summed E-state index contributed by atoms with van der Waals surface area (Å²) in [5, 5.41) is 1.77. The summed E-state index contributed by atoms with van der Waals surface area (Å²) in [6.45, 7) is 2.11. The third kappa shape index (κ3) is 1.30. The molecule has 1 nitrogen and oxygen atoms in total. The second-order valence-electron chi connectivity index (χ2n) is 2.91. The Morgan fingerprint density at radius 1 is 1.46 bits per heavy atom. The Bertz CT molecular complexity index is 447. The molecular formula is C10H10ClNS. The van der Waals surface area contributed by atoms with Gasteiger partial charge in [0.05, 0.1) is 10.7 Å². The Hall–Kier alpha value is -0.730. The molecule has 0 aliphatic rings. The van der Waals surface area contributed by atoms with Crippen LogP contribution in [0.2, 0.25) is 5.02 Å². The van der Waals surface area contributed by atoms with Crippen LogP contribution in [0.4, 0.5) is 5.69 Å². The van der Waals surface area contributed by atoms with Crippen LogP contribution >= 0.6 is 22.9 Å². The first-order valence-electron chi connectivity index (χ1n) is 4.19. The summed E-state index contributed by atoms with van der Waals surface area (Å²) in [5.74, 6) is 0. The van der Waals surface area contributed by atoms with E-state index in [0.29, 0.717) is 0 Å². The van der Waals surface area contributed by atoms with Crippen molar-refractivity contribution in [1.82, 2.24) is 0 Å². The van der Waals surface area contributed by atoms with Crippen molar-refractivity contribution in [2.45, 2.75) is 13.3 Å². The highest BCUT2D eigenvalue weighted by Crippen LogP contribution is 2.37. The van der Waals surface area contributed by atoms with Crippen LogP contribution in [-0.2, 0) is 6.42 Å². The predicted octanol–water partition coefficient (Wildman–Crippen LogP) is 3.70. The van der Waals surface area contributed by atoms with Crippen LogP contribution in [0.3, 0.4) is 0 Å². The van der Waals surface area contributed by atoms with Gasteiger partial charge in [0.15, 0.2) is 0 Å². The van der Waals surface area contributed by atoms with Crippen LogP contribution in [0.15, 0.2) is 18.2 Å². The van der Waals surface area contributed by atoms with Gasteiger partial charge in [0.1, 0.15) is 0 Å². The second kappa shape index (κ2) is 3.20. The van der Waals surface area contributed by atoms with E-state index in [9.17, 15) is 0 Å². The quantitative estimate of drug-likeness (QED) is 0.765. The fourth-order valence-electron chi connectivity index (χ4n) is 1.44. The molecule has 68 valence electrons. The minimum atomic E-state index is 0.756. The molecule has 0 aliphatic heterocycles. The zero-order valence-electron chi connectivity index (χ0n) is 7.30. The van der Waals surface area contributed by atoms with Gasteiger partial charge in [-0.15, -0.1) is 11.3 Å². The van der Waals surface area contributed by atoms with E-state index in [-0.39, 0.29) is 0 Å². The lowest BCUT2D eigenvalue weighted by molar-refractivity contribution is 1.19. The van der Waals surface area contributed by atoms with Gasteiger partial charge in [0.25, 0.3) is 0 Å². The number of hydrogen-bond donors (Lipinski definition) is 1. The van der Waals surface area contributed by atoms with Crippen LogP contribution in [0.1, 0.15) is 11.8 Å². The summed E-state index contributed by atoms with van der Waals surface area (Å²) in [7, 11) is 0. The van der Waals surface area contributed by atoms with Gasteiger partial charge >= 0.3 is 0 Å². The number of fused-ring (bicyclic) bond motifs is 1. The molecule has 0 fully saturated rings. The molecular weight excluding hydrogens is 202 g/mol. The van der Waals surface area contributed by atoms with Crippen molar-refractivity contribution in [3.8, 4) is 0 Å². The molecule has 0 saturated carbocycles. The summed E-state index contributed by atoms with van der Waals surface area (Å²) < 4.78 is 1.18. The van der Waals surface area contributed by atoms with Crippen LogP contribution in [0.5, 0.6) is 0 Å². The number of nitrogens with two attached hydrogens (primary N) is 1. The smallest absolute Gasteiger partial charge is 0.0550 e. The lowest BCUT2D eigenvalue weighted by Crippen LogP contribution is -1.86. The molecule has 0 saturated heterocycles. The standard InChI is InChI=1S/C10H10ClNS/c1-2-7-10(12)9-6(11)4-3-5-8(9)13-7/h3-5H,2,12H2,1H3. The molecule has 13 heavy (non-hydrogen) atoms. The molecule has 1 aromatic carbocycles. The van der Waals surface area contributed by atoms with Crippen LogP contribution in [0.25, 0.3) is 10.1 Å². The van der Waals surface area contributed by atoms with Crippen LogP contribution < -0.4 is 5.73 Å². The van der Waals surface area contributed by atoms with E-state index in [1.807, 2.05) is 12.1 Å². The topological polar surface area (TPSA) is 26.0 Å². The number of benzene rings is 1. The third-order valence-electron chi connectivity index (χ3n) is 2.10. The van der Waals surface area contributed by atoms with E-state index in [1.54, 1.807) is 11.3 Å². The molecule has 0 atom stereocenters. The fraction of sp³-hybridized carbons (Fsp3) is 0.200. The van der Waals surface area contributed by atoms with Gasteiger partial charge in [-0.25, -0.2) is 0 Å². The molecule has 0 aliphatic carbocycles. The molecule has 2 N–H and O–H groups in total. The number of halogens is 1. The summed E-state index contributed by atoms with van der Waals surface area (Å²) >= 11 is 7.79. The van der Waals surface area contributed by atoms with E-state index in [0.717, 1.165) is 22.5 Å². The summed E-state index contributed by atoms with van der Waals surface area (Å²) in [5.41, 5.74) is 6.83. The Kier molecular flexibility index (Phi) is 2.18. The lowest BCUT2D eigenvalue weighted by atomic mass is 10.2. The minimum Gasteiger partial charge on any atom is -0.397 e. The number of nitrogen functional groups attached to an aromatic ring is 1. The van der Waals surface area contributed by atoms with Crippen molar-refractivity contribution in [2.75, 3.05) is 5.73 Å². The third-order valence-corrected chi connectivity index (χ3v) is 3.73. The second-order valence-corrected chi connectivity index (χ2v) is 4.45. The van der Waals surface area contributed by atoms with E-state index in [1.165, 1.54) is 9.58 Å². The number of rotatable bonds is 1. The van der Waals surface area contributed by atoms with E-state index in [4.69, 9.17) is 17.3 Å². The molecule has 2 aromatic rings. The van der Waals surface area contributed by atoms with Crippen LogP contribution in [-0.4, -0.2) is 0 Å². The van der Waals surface area contributed by atoms with Gasteiger partial charge in [-0.05, 0) is 18.6 Å². The molecule has 0 radical (unpaired) electrons. The Morgan fingerprint density at radius 2 is 2.23 bits per heavy atom. The number of anilines is 1. The van der Waals surface area contributed by atoms with Crippen molar-refractivity contribution in [3.05, 3.63) is 28.1 Å². The molecule has 0 amide bonds. The zero-order chi connectivity index (χ0) is 9.42. The SMILES string of the molecule is CCc1sc2cccc(Cl)c2c1N. The molecule has 2 rings (SSSR count). The van der Waals surface area contributed by atoms with Crippen molar-refractivity contribution in [3.63, 3.8) is 0 Å². The van der Waals surface area contributed by atoms with Crippen molar-refractivity contribution in [1.29, 1.82) is 0 Å². The molecule has 1 heterocycles. The number of hydrogen-bond acceptors (Lipinski definition) is 2. The van der Waals surface area contributed by atoms with Gasteiger partial charge in [-0.3, -0.25) is 0 Å². The molecule has 1 aromatic heterocycles. The summed E-state index contributed by atoms with van der Waals surface area (Å²) in [4.78, 5) is 1.23. The first-order valence-corrected chi connectivity index (χ1v) is 5.39. The maximum Gasteiger partial charge on any atom is 0.0550 e. The number of thiophene rings is 1. The highest BCUT2D eigenvalue weighted by molar-refractivity contribution is 7.19. The van der Waals surface area contributed by atoms with Crippen molar-refractivity contribution in [2.24, 2.45) is 0 Å². The fourth-order valence-corrected chi connectivity index (χ4v) is 2.86. The average Bonchev–Trinajstić information content (AvgIpc) is 2.44. The monoisotopic (exact) mass is 211 g/mol. The molecule has 0 bridgehead atoms. The van der Waals surface area contributed by atoms with E-state index < -0.39 is 0 Å². The summed E-state index contributed by atoms with van der Waals surface area (Å²) in [6, 6.07) is 5.90. The molecule has 0 spiro atoms. The molecule has 3 heteroatoms. The maximum absolute atomic E-state index is 6.06. The van der Waals surface area contributed by atoms with Gasteiger partial charge < -0.3 is 5.73 Å². The van der Waals surface area contributed by atoms with E-state index in [2.05, 4.69) is 13.0 Å². The summed E-state index contributed by atoms with van der Waals surface area (Å²) in [6.07, 6.45) is 0.974. The Labute approximate surface area is 86.1 Å². The zero-order valence-corrected chi connectivity index (χ0v) is 8.88. The van der Waals surface area contributed by atoms with Crippen molar-refractivity contribution >= 4 is 38.7 Å². The normalized spacial score (nSPS) is 10.9. The minimum absolute atomic E-state index is 0.756. The van der Waals surface area contributed by atoms with Gasteiger partial charge in [0, 0.05) is 15.0 Å². The van der Waals surface area contributed by atoms with Crippen molar-refractivity contribution < 1.29 is 0 Å². The molecule has 0 unspecified atom stereocenters. The Balaban J connectivity index is 2.85. The van der Waals surface area contributed by atoms with Gasteiger partial charge in [0.2, 0.25) is 0 Å². The largest absolute Gasteiger partial charge is 0.397 e. The maximum atomic E-state index is 6.06. The average molecular weight is 212 g/mol. The first kappa shape index (κ1) is 8.85. The highest BCUT2D eigenvalue weighted by Gasteiger charge is 2.09.